The Labute approximate surface area is 122 Å². The molecule has 0 saturated carbocycles. The van der Waals surface area contributed by atoms with Crippen molar-refractivity contribution >= 4 is 11.9 Å². The number of carbonyl (C=O) groups is 2. The van der Waals surface area contributed by atoms with Crippen molar-refractivity contribution in [3.05, 3.63) is 59.3 Å². The molecule has 1 aromatic rings. The Morgan fingerprint density at radius 3 is 2.38 bits per heavy atom. The van der Waals surface area contributed by atoms with Crippen LogP contribution in [0.3, 0.4) is 0 Å². The zero-order chi connectivity index (χ0) is 15.6. The maximum atomic E-state index is 11.7. The van der Waals surface area contributed by atoms with Gasteiger partial charge in [-0.1, -0.05) is 30.3 Å². The van der Waals surface area contributed by atoms with E-state index in [4.69, 9.17) is 5.73 Å². The number of hydrogen-bond acceptors (Lipinski definition) is 3. The minimum absolute atomic E-state index is 0.0313. The van der Waals surface area contributed by atoms with Crippen LogP contribution in [0.15, 0.2) is 53.8 Å². The highest BCUT2D eigenvalue weighted by molar-refractivity contribution is 5.91. The third kappa shape index (κ3) is 2.81. The van der Waals surface area contributed by atoms with Crippen LogP contribution in [0.4, 0.5) is 0 Å². The molecule has 0 bridgehead atoms. The van der Waals surface area contributed by atoms with Gasteiger partial charge in [-0.25, -0.2) is 4.79 Å². The number of allylic oxidation sites excluding steroid dienone is 1. The molecule has 1 aliphatic rings. The van der Waals surface area contributed by atoms with Gasteiger partial charge in [0.2, 0.25) is 0 Å². The lowest BCUT2D eigenvalue weighted by molar-refractivity contribution is -0.147. The molecule has 4 N–H and O–H groups in total. The number of carboxylic acids is 2. The summed E-state index contributed by atoms with van der Waals surface area (Å²) in [5.41, 5.74) is 5.43. The Balaban J connectivity index is 2.48. The quantitative estimate of drug-likeness (QED) is 0.784. The summed E-state index contributed by atoms with van der Waals surface area (Å²) in [6.07, 6.45) is 3.10. The van der Waals surface area contributed by atoms with E-state index >= 15 is 0 Å². The minimum Gasteiger partial charge on any atom is -0.481 e. The number of rotatable bonds is 4. The maximum absolute atomic E-state index is 11.7. The molecule has 0 amide bonds. The van der Waals surface area contributed by atoms with Gasteiger partial charge in [-0.3, -0.25) is 4.79 Å². The number of aliphatic carboxylic acids is 2. The lowest BCUT2D eigenvalue weighted by Crippen LogP contribution is -2.41. The molecular weight excluding hydrogens is 270 g/mol. The van der Waals surface area contributed by atoms with E-state index in [1.165, 1.54) is 19.1 Å². The van der Waals surface area contributed by atoms with Crippen molar-refractivity contribution in [3.63, 3.8) is 0 Å². The Hall–Kier alpha value is -2.56. The zero-order valence-electron chi connectivity index (χ0n) is 11.6. The fourth-order valence-corrected chi connectivity index (χ4v) is 2.69. The Kier molecular flexibility index (Phi) is 3.84. The average molecular weight is 287 g/mol. The van der Waals surface area contributed by atoms with Gasteiger partial charge < -0.3 is 15.9 Å². The van der Waals surface area contributed by atoms with Gasteiger partial charge in [0.05, 0.1) is 5.41 Å². The average Bonchev–Trinajstić information content (AvgIpc) is 2.42. The van der Waals surface area contributed by atoms with Gasteiger partial charge in [0.25, 0.3) is 0 Å². The summed E-state index contributed by atoms with van der Waals surface area (Å²) >= 11 is 0. The van der Waals surface area contributed by atoms with Gasteiger partial charge in [0.1, 0.15) is 0 Å². The number of carboxylic acid groups (broad SMARTS) is 2. The second-order valence-electron chi connectivity index (χ2n) is 5.38. The van der Waals surface area contributed by atoms with Gasteiger partial charge in [-0.05, 0) is 31.1 Å². The molecule has 0 fully saturated rings. The van der Waals surface area contributed by atoms with Crippen LogP contribution in [-0.2, 0) is 16.0 Å². The van der Waals surface area contributed by atoms with Crippen molar-refractivity contribution < 1.29 is 19.8 Å². The smallest absolute Gasteiger partial charge is 0.331 e. The Morgan fingerprint density at radius 2 is 1.86 bits per heavy atom. The summed E-state index contributed by atoms with van der Waals surface area (Å²) in [7, 11) is 0. The fourth-order valence-electron chi connectivity index (χ4n) is 2.69. The van der Waals surface area contributed by atoms with E-state index in [-0.39, 0.29) is 11.3 Å². The summed E-state index contributed by atoms with van der Waals surface area (Å²) < 4.78 is 0. The molecule has 0 radical (unpaired) electrons. The molecule has 0 saturated heterocycles. The van der Waals surface area contributed by atoms with Crippen LogP contribution < -0.4 is 5.73 Å². The molecule has 0 aromatic heterocycles. The molecule has 2 rings (SSSR count). The van der Waals surface area contributed by atoms with Crippen molar-refractivity contribution in [1.29, 1.82) is 0 Å². The molecule has 5 nitrogen and oxygen atoms in total. The van der Waals surface area contributed by atoms with Gasteiger partial charge in [0, 0.05) is 17.2 Å². The second kappa shape index (κ2) is 5.44. The van der Waals surface area contributed by atoms with Crippen LogP contribution in [0.5, 0.6) is 0 Å². The van der Waals surface area contributed by atoms with Crippen LogP contribution in [0.1, 0.15) is 12.5 Å². The minimum atomic E-state index is -1.34. The summed E-state index contributed by atoms with van der Waals surface area (Å²) in [6, 6.07) is 9.23. The molecule has 2 atom stereocenters. The van der Waals surface area contributed by atoms with Crippen LogP contribution in [-0.4, -0.2) is 22.2 Å². The zero-order valence-corrected chi connectivity index (χ0v) is 11.6. The summed E-state index contributed by atoms with van der Waals surface area (Å²) in [5, 5.41) is 18.9. The van der Waals surface area contributed by atoms with Crippen LogP contribution >= 0.6 is 0 Å². The van der Waals surface area contributed by atoms with Crippen LogP contribution in [0, 0.1) is 11.3 Å². The Morgan fingerprint density at radius 1 is 1.24 bits per heavy atom. The molecular formula is C16H17NO4. The highest BCUT2D eigenvalue weighted by Crippen LogP contribution is 2.41. The molecule has 5 heteroatoms. The second-order valence-corrected chi connectivity index (χ2v) is 5.38. The van der Waals surface area contributed by atoms with Crippen LogP contribution in [0.25, 0.3) is 0 Å². The van der Waals surface area contributed by atoms with Crippen molar-refractivity contribution in [3.8, 4) is 0 Å². The molecule has 2 unspecified atom stereocenters. The van der Waals surface area contributed by atoms with Gasteiger partial charge >= 0.3 is 11.9 Å². The summed E-state index contributed by atoms with van der Waals surface area (Å²) in [4.78, 5) is 23.1. The van der Waals surface area contributed by atoms with E-state index in [1.54, 1.807) is 0 Å². The number of nitrogens with two attached hydrogens (primary N) is 1. The first-order chi connectivity index (χ1) is 9.84. The van der Waals surface area contributed by atoms with Crippen LogP contribution in [0.2, 0.25) is 0 Å². The highest BCUT2D eigenvalue weighted by atomic mass is 16.4. The lowest BCUT2D eigenvalue weighted by Gasteiger charge is -2.35. The summed E-state index contributed by atoms with van der Waals surface area (Å²) in [5.74, 6) is -2.90. The van der Waals surface area contributed by atoms with Gasteiger partial charge in [-0.15, -0.1) is 0 Å². The molecule has 21 heavy (non-hydrogen) atoms. The van der Waals surface area contributed by atoms with E-state index < -0.39 is 23.3 Å². The normalized spacial score (nSPS) is 24.9. The number of benzene rings is 1. The monoisotopic (exact) mass is 287 g/mol. The third-order valence-electron chi connectivity index (χ3n) is 3.88. The van der Waals surface area contributed by atoms with Crippen molar-refractivity contribution in [2.45, 2.75) is 13.3 Å². The van der Waals surface area contributed by atoms with Crippen molar-refractivity contribution in [2.75, 3.05) is 0 Å². The van der Waals surface area contributed by atoms with E-state index in [0.29, 0.717) is 6.42 Å². The Bertz CT molecular complexity index is 633. The molecule has 0 spiro atoms. The fraction of sp³-hybridized carbons (Fsp3) is 0.250. The molecule has 110 valence electrons. The van der Waals surface area contributed by atoms with Crippen molar-refractivity contribution in [1.82, 2.24) is 0 Å². The molecule has 0 heterocycles. The standard InChI is InChI=1S/C16H17NO4/c1-16(15(20)21)9-11(17)8-12(14(18)19)13(16)7-10-5-3-2-4-6-10/h2-6,8-9,13H,7,17H2,1H3,(H,18,19)(H,20,21). The number of hydrogen-bond donors (Lipinski definition) is 3. The molecule has 1 aromatic carbocycles. The van der Waals surface area contributed by atoms with Crippen molar-refractivity contribution in [2.24, 2.45) is 17.1 Å². The topological polar surface area (TPSA) is 101 Å². The predicted octanol–water partition coefficient (Wildman–Crippen LogP) is 1.80. The summed E-state index contributed by atoms with van der Waals surface area (Å²) in [6.45, 7) is 1.51. The first-order valence-electron chi connectivity index (χ1n) is 6.55. The van der Waals surface area contributed by atoms with E-state index in [9.17, 15) is 19.8 Å². The van der Waals surface area contributed by atoms with Gasteiger partial charge in [-0.2, -0.15) is 0 Å². The van der Waals surface area contributed by atoms with E-state index in [1.807, 2.05) is 30.3 Å². The first-order valence-corrected chi connectivity index (χ1v) is 6.55. The third-order valence-corrected chi connectivity index (χ3v) is 3.88. The largest absolute Gasteiger partial charge is 0.481 e. The lowest BCUT2D eigenvalue weighted by atomic mass is 9.67. The first kappa shape index (κ1) is 14.8. The van der Waals surface area contributed by atoms with Gasteiger partial charge in [0.15, 0.2) is 0 Å². The van der Waals surface area contributed by atoms with E-state index in [0.717, 1.165) is 5.56 Å². The molecule has 0 aliphatic heterocycles. The highest BCUT2D eigenvalue weighted by Gasteiger charge is 2.45. The van der Waals surface area contributed by atoms with E-state index in [2.05, 4.69) is 0 Å². The SMILES string of the molecule is CC1(C(=O)O)C=C(N)C=C(C(=O)O)C1Cc1ccccc1. The molecule has 1 aliphatic carbocycles. The predicted molar refractivity (Wildman–Crippen MR) is 77.4 cm³/mol. The maximum Gasteiger partial charge on any atom is 0.331 e.